The van der Waals surface area contributed by atoms with Crippen molar-refractivity contribution >= 4 is 53.1 Å². The molecular formula is C17H22Cl2F2IN5O. The van der Waals surface area contributed by atoms with Gasteiger partial charge in [-0.15, -0.1) is 24.0 Å². The third-order valence-corrected chi connectivity index (χ3v) is 4.14. The van der Waals surface area contributed by atoms with Gasteiger partial charge in [-0.2, -0.15) is 13.9 Å². The van der Waals surface area contributed by atoms with Crippen molar-refractivity contribution in [1.29, 1.82) is 0 Å². The molecule has 0 saturated heterocycles. The van der Waals surface area contributed by atoms with Gasteiger partial charge in [0.15, 0.2) is 5.96 Å². The number of halogens is 5. The van der Waals surface area contributed by atoms with Crippen LogP contribution in [0.25, 0.3) is 0 Å². The highest BCUT2D eigenvalue weighted by molar-refractivity contribution is 14.0. The van der Waals surface area contributed by atoms with Crippen LogP contribution in [0, 0.1) is 5.92 Å². The van der Waals surface area contributed by atoms with Crippen LogP contribution in [0.4, 0.5) is 8.78 Å². The van der Waals surface area contributed by atoms with Crippen LogP contribution in [-0.2, 0) is 13.1 Å². The maximum atomic E-state index is 12.6. The van der Waals surface area contributed by atoms with Gasteiger partial charge in [0.2, 0.25) is 0 Å². The van der Waals surface area contributed by atoms with E-state index in [1.54, 1.807) is 13.2 Å². The highest BCUT2D eigenvalue weighted by Gasteiger charge is 2.15. The lowest BCUT2D eigenvalue weighted by atomic mass is 10.2. The summed E-state index contributed by atoms with van der Waals surface area (Å²) in [7, 11) is 1.62. The average Bonchev–Trinajstić information content (AvgIpc) is 3.10. The minimum atomic E-state index is -2.98. The van der Waals surface area contributed by atoms with Gasteiger partial charge < -0.3 is 15.4 Å². The van der Waals surface area contributed by atoms with E-state index in [0.29, 0.717) is 29.0 Å². The number of nitrogens with one attached hydrogen (secondary N) is 2. The zero-order chi connectivity index (χ0) is 19.8. The molecule has 0 aliphatic rings. The third kappa shape index (κ3) is 7.96. The summed E-state index contributed by atoms with van der Waals surface area (Å²) in [4.78, 5) is 4.12. The number of ether oxygens (including phenoxy) is 1. The molecule has 28 heavy (non-hydrogen) atoms. The first-order valence-corrected chi connectivity index (χ1v) is 8.99. The predicted octanol–water partition coefficient (Wildman–Crippen LogP) is 4.41. The lowest BCUT2D eigenvalue weighted by molar-refractivity contribution is -0.0504. The lowest BCUT2D eigenvalue weighted by Crippen LogP contribution is -2.39. The fourth-order valence-electron chi connectivity index (χ4n) is 2.43. The van der Waals surface area contributed by atoms with Crippen LogP contribution in [-0.4, -0.2) is 35.9 Å². The van der Waals surface area contributed by atoms with Gasteiger partial charge in [0.05, 0.1) is 5.02 Å². The van der Waals surface area contributed by atoms with Gasteiger partial charge in [-0.1, -0.05) is 30.1 Å². The van der Waals surface area contributed by atoms with Crippen molar-refractivity contribution in [2.45, 2.75) is 26.6 Å². The molecule has 0 radical (unpaired) electrons. The quantitative estimate of drug-likeness (QED) is 0.292. The van der Waals surface area contributed by atoms with E-state index in [-0.39, 0.29) is 41.3 Å². The molecule has 2 aromatic rings. The highest BCUT2D eigenvalue weighted by Crippen LogP contribution is 2.33. The largest absolute Gasteiger partial charge is 0.433 e. The molecule has 1 atom stereocenters. The van der Waals surface area contributed by atoms with Gasteiger partial charge in [-0.25, -0.2) is 0 Å². The maximum Gasteiger partial charge on any atom is 0.387 e. The Morgan fingerprint density at radius 1 is 1.32 bits per heavy atom. The summed E-state index contributed by atoms with van der Waals surface area (Å²) in [5, 5.41) is 10.8. The van der Waals surface area contributed by atoms with Crippen molar-refractivity contribution in [2.75, 3.05) is 13.6 Å². The second kappa shape index (κ2) is 12.3. The molecule has 156 valence electrons. The van der Waals surface area contributed by atoms with E-state index >= 15 is 0 Å². The minimum Gasteiger partial charge on any atom is -0.433 e. The van der Waals surface area contributed by atoms with Crippen molar-refractivity contribution in [3.8, 4) is 5.75 Å². The van der Waals surface area contributed by atoms with E-state index in [9.17, 15) is 8.78 Å². The first kappa shape index (κ1) is 24.7. The van der Waals surface area contributed by atoms with Crippen molar-refractivity contribution < 1.29 is 13.5 Å². The van der Waals surface area contributed by atoms with E-state index in [2.05, 4.69) is 32.4 Å². The SMILES string of the molecule is CN=C(NCc1cc(Cl)cc(Cl)c1OC(F)F)NCC(C)Cn1cccn1.I. The topological polar surface area (TPSA) is 63.5 Å². The molecule has 2 rings (SSSR count). The van der Waals surface area contributed by atoms with Crippen LogP contribution in [0.3, 0.4) is 0 Å². The number of benzene rings is 1. The van der Waals surface area contributed by atoms with Crippen LogP contribution in [0.2, 0.25) is 10.0 Å². The van der Waals surface area contributed by atoms with Crippen LogP contribution in [0.1, 0.15) is 12.5 Å². The van der Waals surface area contributed by atoms with Gasteiger partial charge >= 0.3 is 6.61 Å². The Bertz CT molecular complexity index is 762. The first-order valence-electron chi connectivity index (χ1n) is 8.23. The van der Waals surface area contributed by atoms with E-state index in [1.807, 2.05) is 16.9 Å². The summed E-state index contributed by atoms with van der Waals surface area (Å²) in [5.41, 5.74) is 0.403. The van der Waals surface area contributed by atoms with Crippen LogP contribution in [0.15, 0.2) is 35.6 Å². The highest BCUT2D eigenvalue weighted by atomic mass is 127. The Balaban J connectivity index is 0.00000392. The Hall–Kier alpha value is -1.33. The number of alkyl halides is 2. The number of aromatic nitrogens is 2. The Morgan fingerprint density at radius 2 is 2.07 bits per heavy atom. The molecule has 1 unspecified atom stereocenters. The lowest BCUT2D eigenvalue weighted by Gasteiger charge is -2.18. The van der Waals surface area contributed by atoms with Crippen LogP contribution in [0.5, 0.6) is 5.75 Å². The molecule has 0 spiro atoms. The van der Waals surface area contributed by atoms with Gasteiger partial charge in [0.1, 0.15) is 5.75 Å². The minimum absolute atomic E-state index is 0. The van der Waals surface area contributed by atoms with Gasteiger partial charge in [-0.05, 0) is 24.1 Å². The smallest absolute Gasteiger partial charge is 0.387 e. The van der Waals surface area contributed by atoms with Crippen molar-refractivity contribution in [3.63, 3.8) is 0 Å². The summed E-state index contributed by atoms with van der Waals surface area (Å²) < 4.78 is 31.6. The zero-order valence-corrected chi connectivity index (χ0v) is 19.2. The third-order valence-electron chi connectivity index (χ3n) is 3.64. The second-order valence-corrected chi connectivity index (χ2v) is 6.74. The summed E-state index contributed by atoms with van der Waals surface area (Å²) >= 11 is 11.9. The number of guanidine groups is 1. The molecule has 1 aromatic heterocycles. The first-order chi connectivity index (χ1) is 12.9. The molecule has 0 saturated carbocycles. The second-order valence-electron chi connectivity index (χ2n) is 5.89. The maximum absolute atomic E-state index is 12.6. The number of hydrogen-bond acceptors (Lipinski definition) is 3. The van der Waals surface area contributed by atoms with Crippen LogP contribution >= 0.6 is 47.2 Å². The Labute approximate surface area is 189 Å². The number of rotatable bonds is 8. The van der Waals surface area contributed by atoms with Gasteiger partial charge in [0.25, 0.3) is 0 Å². The van der Waals surface area contributed by atoms with Crippen LogP contribution < -0.4 is 15.4 Å². The molecule has 1 aromatic carbocycles. The monoisotopic (exact) mass is 547 g/mol. The molecule has 0 fully saturated rings. The molecule has 0 amide bonds. The number of nitrogens with zero attached hydrogens (tertiary/aromatic N) is 3. The summed E-state index contributed by atoms with van der Waals surface area (Å²) in [6, 6.07) is 4.75. The fraction of sp³-hybridized carbons (Fsp3) is 0.412. The summed E-state index contributed by atoms with van der Waals surface area (Å²) in [5.74, 6) is 0.703. The van der Waals surface area contributed by atoms with Gasteiger partial charge in [-0.3, -0.25) is 9.67 Å². The average molecular weight is 548 g/mol. The molecule has 1 heterocycles. The van der Waals surface area contributed by atoms with Crippen molar-refractivity contribution in [1.82, 2.24) is 20.4 Å². The van der Waals surface area contributed by atoms with Crippen molar-refractivity contribution in [2.24, 2.45) is 10.9 Å². The molecule has 6 nitrogen and oxygen atoms in total. The molecule has 0 aliphatic carbocycles. The van der Waals surface area contributed by atoms with E-state index in [0.717, 1.165) is 6.54 Å². The summed E-state index contributed by atoms with van der Waals surface area (Å²) in [6.07, 6.45) is 3.63. The molecule has 2 N–H and O–H groups in total. The summed E-state index contributed by atoms with van der Waals surface area (Å²) in [6.45, 7) is 0.662. The standard InChI is InChI=1S/C17H21Cl2F2N5O.HI/c1-11(10-26-5-3-4-25-26)8-23-17(22-2)24-9-12-6-13(18)7-14(19)15(12)27-16(20)21;/h3-7,11,16H,8-10H2,1-2H3,(H2,22,23,24);1H. The fourth-order valence-corrected chi connectivity index (χ4v) is 3.01. The van der Waals surface area contributed by atoms with E-state index in [4.69, 9.17) is 23.2 Å². The number of hydrogen-bond donors (Lipinski definition) is 2. The molecule has 0 aliphatic heterocycles. The molecule has 0 bridgehead atoms. The Kier molecular flexibility index (Phi) is 10.8. The van der Waals surface area contributed by atoms with Crippen molar-refractivity contribution in [3.05, 3.63) is 46.2 Å². The molecule has 11 heteroatoms. The van der Waals surface area contributed by atoms with E-state index in [1.165, 1.54) is 12.1 Å². The van der Waals surface area contributed by atoms with Gasteiger partial charge in [0, 0.05) is 49.7 Å². The number of aliphatic imine (C=N–C) groups is 1. The molecular weight excluding hydrogens is 526 g/mol. The predicted molar refractivity (Wildman–Crippen MR) is 118 cm³/mol. The van der Waals surface area contributed by atoms with E-state index < -0.39 is 6.61 Å². The Morgan fingerprint density at radius 3 is 2.68 bits per heavy atom. The zero-order valence-electron chi connectivity index (χ0n) is 15.3. The normalized spacial score (nSPS) is 12.5.